The van der Waals surface area contributed by atoms with Gasteiger partial charge >= 0.3 is 6.18 Å². The highest BCUT2D eigenvalue weighted by Gasteiger charge is 2.33. The summed E-state index contributed by atoms with van der Waals surface area (Å²) in [7, 11) is 0. The Morgan fingerprint density at radius 1 is 1.32 bits per heavy atom. The van der Waals surface area contributed by atoms with Crippen LogP contribution in [0.1, 0.15) is 36.8 Å². The van der Waals surface area contributed by atoms with Crippen LogP contribution in [-0.4, -0.2) is 19.0 Å². The molecule has 1 aliphatic heterocycles. The smallest absolute Gasteiger partial charge is 0.326 e. The lowest BCUT2D eigenvalue weighted by molar-refractivity contribution is -0.138. The third kappa shape index (κ3) is 4.47. The number of alkyl halides is 3. The van der Waals surface area contributed by atoms with E-state index < -0.39 is 11.7 Å². The third-order valence-electron chi connectivity index (χ3n) is 4.15. The van der Waals surface area contributed by atoms with Gasteiger partial charge in [-0.3, -0.25) is 4.79 Å². The molecule has 0 unspecified atom stereocenters. The van der Waals surface area contributed by atoms with Gasteiger partial charge < -0.3 is 10.6 Å². The molecule has 0 aliphatic carbocycles. The minimum absolute atomic E-state index is 0.0604. The van der Waals surface area contributed by atoms with Crippen molar-refractivity contribution in [3.8, 4) is 0 Å². The quantitative estimate of drug-likeness (QED) is 0.889. The standard InChI is InChI=1S/C16H21F3N2O/c1-11-13(16(17,18)19)3-2-4-14(11)21-15(22)6-5-12-7-9-20-10-8-12/h2-4,12,20H,5-10H2,1H3,(H,21,22). The van der Waals surface area contributed by atoms with Crippen molar-refractivity contribution in [3.05, 3.63) is 29.3 Å². The fourth-order valence-electron chi connectivity index (χ4n) is 2.80. The van der Waals surface area contributed by atoms with Gasteiger partial charge in [0.15, 0.2) is 0 Å². The van der Waals surface area contributed by atoms with Crippen molar-refractivity contribution in [1.29, 1.82) is 0 Å². The molecule has 0 atom stereocenters. The summed E-state index contributed by atoms with van der Waals surface area (Å²) in [6.45, 7) is 3.32. The number of carbonyl (C=O) groups is 1. The molecule has 1 aromatic rings. The topological polar surface area (TPSA) is 41.1 Å². The second-order valence-corrected chi connectivity index (χ2v) is 5.76. The maximum atomic E-state index is 12.8. The van der Waals surface area contributed by atoms with Crippen LogP contribution in [0, 0.1) is 12.8 Å². The minimum atomic E-state index is -4.40. The molecule has 122 valence electrons. The Bertz CT molecular complexity index is 523. The van der Waals surface area contributed by atoms with Crippen molar-refractivity contribution in [1.82, 2.24) is 5.32 Å². The van der Waals surface area contributed by atoms with Crippen molar-refractivity contribution in [2.45, 2.75) is 38.8 Å². The molecule has 2 N–H and O–H groups in total. The van der Waals surface area contributed by atoms with Gasteiger partial charge in [0.25, 0.3) is 0 Å². The summed E-state index contributed by atoms with van der Waals surface area (Å²) in [5.41, 5.74) is -0.404. The Labute approximate surface area is 128 Å². The van der Waals surface area contributed by atoms with Crippen LogP contribution >= 0.6 is 0 Å². The second-order valence-electron chi connectivity index (χ2n) is 5.76. The van der Waals surface area contributed by atoms with E-state index >= 15 is 0 Å². The van der Waals surface area contributed by atoms with Crippen LogP contribution in [0.4, 0.5) is 18.9 Å². The molecule has 0 spiro atoms. The molecule has 1 saturated heterocycles. The number of rotatable bonds is 4. The highest BCUT2D eigenvalue weighted by Crippen LogP contribution is 2.34. The van der Waals surface area contributed by atoms with Crippen molar-refractivity contribution in [2.75, 3.05) is 18.4 Å². The number of amides is 1. The Morgan fingerprint density at radius 2 is 2.00 bits per heavy atom. The van der Waals surface area contributed by atoms with E-state index in [4.69, 9.17) is 0 Å². The summed E-state index contributed by atoms with van der Waals surface area (Å²) >= 11 is 0. The summed E-state index contributed by atoms with van der Waals surface area (Å²) in [5.74, 6) is 0.301. The number of benzene rings is 1. The van der Waals surface area contributed by atoms with Gasteiger partial charge in [-0.2, -0.15) is 13.2 Å². The van der Waals surface area contributed by atoms with Gasteiger partial charge in [0.05, 0.1) is 5.56 Å². The van der Waals surface area contributed by atoms with Crippen LogP contribution in [0.25, 0.3) is 0 Å². The SMILES string of the molecule is Cc1c(NC(=O)CCC2CCNCC2)cccc1C(F)(F)F. The lowest BCUT2D eigenvalue weighted by Gasteiger charge is -2.22. The van der Waals surface area contributed by atoms with E-state index in [0.717, 1.165) is 38.4 Å². The first-order chi connectivity index (χ1) is 10.4. The second kappa shape index (κ2) is 7.13. The Kier molecular flexibility index (Phi) is 5.45. The van der Waals surface area contributed by atoms with E-state index in [-0.39, 0.29) is 17.2 Å². The maximum Gasteiger partial charge on any atom is 0.416 e. The molecule has 22 heavy (non-hydrogen) atoms. The summed E-state index contributed by atoms with van der Waals surface area (Å²) in [5, 5.41) is 5.87. The average Bonchev–Trinajstić information content (AvgIpc) is 2.47. The number of anilines is 1. The van der Waals surface area contributed by atoms with Gasteiger partial charge in [-0.15, -0.1) is 0 Å². The van der Waals surface area contributed by atoms with Crippen molar-refractivity contribution >= 4 is 11.6 Å². The summed E-state index contributed by atoms with van der Waals surface area (Å²) < 4.78 is 38.5. The third-order valence-corrected chi connectivity index (χ3v) is 4.15. The fourth-order valence-corrected chi connectivity index (χ4v) is 2.80. The molecule has 0 radical (unpaired) electrons. The molecule has 1 amide bonds. The molecular weight excluding hydrogens is 293 g/mol. The van der Waals surface area contributed by atoms with Gasteiger partial charge in [-0.1, -0.05) is 6.07 Å². The Morgan fingerprint density at radius 3 is 2.64 bits per heavy atom. The van der Waals surface area contributed by atoms with Crippen LogP contribution in [0.2, 0.25) is 0 Å². The molecule has 3 nitrogen and oxygen atoms in total. The molecule has 1 aromatic carbocycles. The molecule has 1 aliphatic rings. The van der Waals surface area contributed by atoms with E-state index in [2.05, 4.69) is 10.6 Å². The number of hydrogen-bond donors (Lipinski definition) is 2. The van der Waals surface area contributed by atoms with E-state index in [9.17, 15) is 18.0 Å². The molecule has 0 bridgehead atoms. The lowest BCUT2D eigenvalue weighted by Crippen LogP contribution is -2.28. The Hall–Kier alpha value is -1.56. The molecular formula is C16H21F3N2O. The largest absolute Gasteiger partial charge is 0.416 e. The van der Waals surface area contributed by atoms with Crippen LogP contribution < -0.4 is 10.6 Å². The molecule has 2 rings (SSSR count). The van der Waals surface area contributed by atoms with Crippen molar-refractivity contribution < 1.29 is 18.0 Å². The predicted molar refractivity (Wildman–Crippen MR) is 79.6 cm³/mol. The van der Waals surface area contributed by atoms with Crippen molar-refractivity contribution in [2.24, 2.45) is 5.92 Å². The number of hydrogen-bond acceptors (Lipinski definition) is 2. The minimum Gasteiger partial charge on any atom is -0.326 e. The van der Waals surface area contributed by atoms with Crippen LogP contribution in [-0.2, 0) is 11.0 Å². The first-order valence-electron chi connectivity index (χ1n) is 7.55. The fraction of sp³-hybridized carbons (Fsp3) is 0.562. The Balaban J connectivity index is 1.94. The molecule has 0 aromatic heterocycles. The van der Waals surface area contributed by atoms with Gasteiger partial charge in [0, 0.05) is 12.1 Å². The van der Waals surface area contributed by atoms with Gasteiger partial charge in [-0.05, 0) is 62.9 Å². The van der Waals surface area contributed by atoms with Crippen LogP contribution in [0.5, 0.6) is 0 Å². The molecule has 0 saturated carbocycles. The van der Waals surface area contributed by atoms with E-state index in [0.29, 0.717) is 12.3 Å². The van der Waals surface area contributed by atoms with Gasteiger partial charge in [-0.25, -0.2) is 0 Å². The van der Waals surface area contributed by atoms with E-state index in [1.807, 2.05) is 0 Å². The molecule has 6 heteroatoms. The van der Waals surface area contributed by atoms with E-state index in [1.165, 1.54) is 19.1 Å². The zero-order chi connectivity index (χ0) is 16.2. The number of nitrogens with one attached hydrogen (secondary N) is 2. The summed E-state index contributed by atoms with van der Waals surface area (Å²) in [6.07, 6.45) is -1.17. The first-order valence-corrected chi connectivity index (χ1v) is 7.55. The first kappa shape index (κ1) is 16.8. The molecule has 1 heterocycles. The van der Waals surface area contributed by atoms with Crippen LogP contribution in [0.15, 0.2) is 18.2 Å². The monoisotopic (exact) mass is 314 g/mol. The normalized spacial score (nSPS) is 16.5. The number of carbonyl (C=O) groups excluding carboxylic acids is 1. The zero-order valence-corrected chi connectivity index (χ0v) is 12.6. The molecule has 1 fully saturated rings. The zero-order valence-electron chi connectivity index (χ0n) is 12.6. The average molecular weight is 314 g/mol. The highest BCUT2D eigenvalue weighted by atomic mass is 19.4. The lowest BCUT2D eigenvalue weighted by atomic mass is 9.93. The summed E-state index contributed by atoms with van der Waals surface area (Å²) in [6, 6.07) is 3.85. The van der Waals surface area contributed by atoms with Gasteiger partial charge in [0.2, 0.25) is 5.91 Å². The van der Waals surface area contributed by atoms with E-state index in [1.54, 1.807) is 0 Å². The number of halogens is 3. The maximum absolute atomic E-state index is 12.8. The highest BCUT2D eigenvalue weighted by molar-refractivity contribution is 5.91. The van der Waals surface area contributed by atoms with Crippen LogP contribution in [0.3, 0.4) is 0 Å². The number of piperidine rings is 1. The van der Waals surface area contributed by atoms with Gasteiger partial charge in [0.1, 0.15) is 0 Å². The summed E-state index contributed by atoms with van der Waals surface area (Å²) in [4.78, 5) is 12.0. The predicted octanol–water partition coefficient (Wildman–Crippen LogP) is 3.73. The van der Waals surface area contributed by atoms with Crippen molar-refractivity contribution in [3.63, 3.8) is 0 Å².